The molecule has 0 aromatic carbocycles. The molecule has 2 atom stereocenters. The monoisotopic (exact) mass is 279 g/mol. The van der Waals surface area contributed by atoms with Crippen LogP contribution in [0.2, 0.25) is 0 Å². The van der Waals surface area contributed by atoms with Crippen molar-refractivity contribution in [3.8, 4) is 0 Å². The van der Waals surface area contributed by atoms with E-state index in [0.29, 0.717) is 13.2 Å². The van der Waals surface area contributed by atoms with Crippen LogP contribution in [0.5, 0.6) is 0 Å². The normalized spacial score (nSPS) is 19.5. The van der Waals surface area contributed by atoms with Gasteiger partial charge in [-0.3, -0.25) is 4.79 Å². The van der Waals surface area contributed by atoms with Crippen LogP contribution in [0.1, 0.15) is 48.8 Å². The van der Waals surface area contributed by atoms with Crippen LogP contribution in [0.25, 0.3) is 0 Å². The highest BCUT2D eigenvalue weighted by Gasteiger charge is 2.26. The Bertz CT molecular complexity index is 482. The van der Waals surface area contributed by atoms with Gasteiger partial charge in [0, 0.05) is 31.1 Å². The van der Waals surface area contributed by atoms with E-state index in [1.54, 1.807) is 7.11 Å². The van der Waals surface area contributed by atoms with Crippen LogP contribution in [-0.2, 0) is 16.0 Å². The number of nitrogens with one attached hydrogen (secondary N) is 1. The highest BCUT2D eigenvalue weighted by molar-refractivity contribution is 5.80. The van der Waals surface area contributed by atoms with Gasteiger partial charge in [0.2, 0.25) is 5.91 Å². The van der Waals surface area contributed by atoms with E-state index in [-0.39, 0.29) is 18.0 Å². The second-order valence-electron chi connectivity index (χ2n) is 5.52. The largest absolute Gasteiger partial charge is 0.383 e. The Kier molecular flexibility index (Phi) is 4.83. The van der Waals surface area contributed by atoms with Crippen LogP contribution in [0, 0.1) is 6.92 Å². The van der Waals surface area contributed by atoms with E-state index in [1.165, 1.54) is 11.3 Å². The molecule has 5 heteroatoms. The van der Waals surface area contributed by atoms with Gasteiger partial charge in [0.05, 0.1) is 6.61 Å². The maximum Gasteiger partial charge on any atom is 0.242 e. The highest BCUT2D eigenvalue weighted by Crippen LogP contribution is 2.32. The lowest BCUT2D eigenvalue weighted by Gasteiger charge is -2.24. The summed E-state index contributed by atoms with van der Waals surface area (Å²) in [5.41, 5.74) is 9.73. The number of amides is 1. The van der Waals surface area contributed by atoms with Gasteiger partial charge in [-0.25, -0.2) is 0 Å². The Hall–Kier alpha value is -1.33. The summed E-state index contributed by atoms with van der Waals surface area (Å²) < 4.78 is 7.09. The SMILES string of the molecule is COCCNC(=O)C(C)n1c(C)cc2c1CCCC2N. The third kappa shape index (κ3) is 2.88. The number of nitrogens with zero attached hydrogens (tertiary/aromatic N) is 1. The number of aryl methyl sites for hydroxylation is 1. The van der Waals surface area contributed by atoms with Gasteiger partial charge < -0.3 is 20.4 Å². The van der Waals surface area contributed by atoms with Crippen molar-refractivity contribution in [3.05, 3.63) is 23.0 Å². The molecule has 112 valence electrons. The van der Waals surface area contributed by atoms with Gasteiger partial charge in [-0.15, -0.1) is 0 Å². The quantitative estimate of drug-likeness (QED) is 0.802. The third-order valence-electron chi connectivity index (χ3n) is 4.07. The van der Waals surface area contributed by atoms with Crippen molar-refractivity contribution < 1.29 is 9.53 Å². The number of fused-ring (bicyclic) bond motifs is 1. The first kappa shape index (κ1) is 15.1. The first-order valence-electron chi connectivity index (χ1n) is 7.29. The molecule has 3 N–H and O–H groups in total. The predicted octanol–water partition coefficient (Wildman–Crippen LogP) is 1.46. The van der Waals surface area contributed by atoms with Crippen LogP contribution in [0.4, 0.5) is 0 Å². The Morgan fingerprint density at radius 3 is 3.10 bits per heavy atom. The number of rotatable bonds is 5. The number of ether oxygens (including phenoxy) is 1. The lowest BCUT2D eigenvalue weighted by atomic mass is 9.93. The first-order valence-corrected chi connectivity index (χ1v) is 7.29. The fraction of sp³-hybridized carbons (Fsp3) is 0.667. The fourth-order valence-corrected chi connectivity index (χ4v) is 3.04. The Morgan fingerprint density at radius 1 is 1.65 bits per heavy atom. The molecule has 1 aromatic rings. The molecule has 1 aliphatic carbocycles. The second-order valence-corrected chi connectivity index (χ2v) is 5.52. The highest BCUT2D eigenvalue weighted by atomic mass is 16.5. The lowest BCUT2D eigenvalue weighted by Crippen LogP contribution is -2.34. The molecule has 1 aliphatic rings. The van der Waals surface area contributed by atoms with Gasteiger partial charge in [0.15, 0.2) is 0 Å². The molecule has 0 aliphatic heterocycles. The molecule has 1 aromatic heterocycles. The standard InChI is InChI=1S/C15H25N3O2/c1-10-9-12-13(16)5-4-6-14(12)18(10)11(2)15(19)17-7-8-20-3/h9,11,13H,4-8,16H2,1-3H3,(H,17,19). The molecular formula is C15H25N3O2. The van der Waals surface area contributed by atoms with E-state index in [0.717, 1.165) is 25.0 Å². The smallest absolute Gasteiger partial charge is 0.242 e. The Balaban J connectivity index is 2.17. The summed E-state index contributed by atoms with van der Waals surface area (Å²) in [6.07, 6.45) is 3.13. The van der Waals surface area contributed by atoms with Crippen LogP contribution in [-0.4, -0.2) is 30.7 Å². The zero-order chi connectivity index (χ0) is 14.7. The molecule has 5 nitrogen and oxygen atoms in total. The molecule has 2 unspecified atom stereocenters. The summed E-state index contributed by atoms with van der Waals surface area (Å²) in [6.45, 7) is 5.06. The van der Waals surface area contributed by atoms with E-state index in [1.807, 2.05) is 13.8 Å². The molecular weight excluding hydrogens is 254 g/mol. The summed E-state index contributed by atoms with van der Waals surface area (Å²) in [6, 6.07) is 2.04. The Morgan fingerprint density at radius 2 is 2.40 bits per heavy atom. The summed E-state index contributed by atoms with van der Waals surface area (Å²) in [5.74, 6) is 0.0303. The molecule has 2 rings (SSSR count). The molecule has 0 saturated carbocycles. The minimum absolute atomic E-state index is 0.0303. The number of hydrogen-bond donors (Lipinski definition) is 2. The minimum Gasteiger partial charge on any atom is -0.383 e. The molecule has 1 heterocycles. The van der Waals surface area contributed by atoms with Gasteiger partial charge in [-0.2, -0.15) is 0 Å². The minimum atomic E-state index is -0.207. The van der Waals surface area contributed by atoms with Crippen LogP contribution in [0.15, 0.2) is 6.07 Å². The second kappa shape index (κ2) is 6.41. The summed E-state index contributed by atoms with van der Waals surface area (Å²) in [5, 5.41) is 2.90. The maximum atomic E-state index is 12.2. The van der Waals surface area contributed by atoms with E-state index in [4.69, 9.17) is 10.5 Å². The molecule has 0 fully saturated rings. The lowest BCUT2D eigenvalue weighted by molar-refractivity contribution is -0.124. The first-order chi connectivity index (χ1) is 9.56. The third-order valence-corrected chi connectivity index (χ3v) is 4.07. The number of nitrogens with two attached hydrogens (primary N) is 1. The van der Waals surface area contributed by atoms with Crippen molar-refractivity contribution in [2.75, 3.05) is 20.3 Å². The van der Waals surface area contributed by atoms with Crippen molar-refractivity contribution in [1.29, 1.82) is 0 Å². The van der Waals surface area contributed by atoms with Gasteiger partial charge in [0.25, 0.3) is 0 Å². The average Bonchev–Trinajstić information content (AvgIpc) is 2.76. The molecule has 0 bridgehead atoms. The summed E-state index contributed by atoms with van der Waals surface area (Å²) in [7, 11) is 1.63. The van der Waals surface area contributed by atoms with Gasteiger partial charge in [-0.05, 0) is 44.7 Å². The average molecular weight is 279 g/mol. The topological polar surface area (TPSA) is 69.3 Å². The fourth-order valence-electron chi connectivity index (χ4n) is 3.04. The van der Waals surface area contributed by atoms with Crippen molar-refractivity contribution in [1.82, 2.24) is 9.88 Å². The van der Waals surface area contributed by atoms with Crippen molar-refractivity contribution in [2.24, 2.45) is 5.73 Å². The van der Waals surface area contributed by atoms with Crippen LogP contribution < -0.4 is 11.1 Å². The summed E-state index contributed by atoms with van der Waals surface area (Å²) in [4.78, 5) is 12.2. The molecule has 0 saturated heterocycles. The Labute approximate surface area is 120 Å². The number of carbonyl (C=O) groups is 1. The summed E-state index contributed by atoms with van der Waals surface area (Å²) >= 11 is 0. The number of hydrogen-bond acceptors (Lipinski definition) is 3. The van der Waals surface area contributed by atoms with E-state index >= 15 is 0 Å². The zero-order valence-corrected chi connectivity index (χ0v) is 12.6. The maximum absolute atomic E-state index is 12.2. The number of aromatic nitrogens is 1. The molecule has 0 spiro atoms. The van der Waals surface area contributed by atoms with Crippen molar-refractivity contribution in [2.45, 2.75) is 45.2 Å². The zero-order valence-electron chi connectivity index (χ0n) is 12.6. The van der Waals surface area contributed by atoms with Gasteiger partial charge in [-0.1, -0.05) is 0 Å². The number of carbonyl (C=O) groups excluding carboxylic acids is 1. The van der Waals surface area contributed by atoms with E-state index < -0.39 is 0 Å². The molecule has 20 heavy (non-hydrogen) atoms. The van der Waals surface area contributed by atoms with Crippen LogP contribution >= 0.6 is 0 Å². The molecule has 1 amide bonds. The van der Waals surface area contributed by atoms with E-state index in [9.17, 15) is 4.79 Å². The molecule has 0 radical (unpaired) electrons. The number of methoxy groups -OCH3 is 1. The van der Waals surface area contributed by atoms with Gasteiger partial charge in [0.1, 0.15) is 6.04 Å². The van der Waals surface area contributed by atoms with E-state index in [2.05, 4.69) is 16.0 Å². The predicted molar refractivity (Wildman–Crippen MR) is 78.6 cm³/mol. The van der Waals surface area contributed by atoms with Crippen molar-refractivity contribution >= 4 is 5.91 Å². The van der Waals surface area contributed by atoms with Crippen LogP contribution in [0.3, 0.4) is 0 Å². The van der Waals surface area contributed by atoms with Crippen molar-refractivity contribution in [3.63, 3.8) is 0 Å². The van der Waals surface area contributed by atoms with Gasteiger partial charge >= 0.3 is 0 Å².